The molecule has 0 spiro atoms. The molecule has 0 aromatic carbocycles. The standard InChI is InChI=1S/C22H38N4O3/c1-17-10-12-19(13-11-17)26(18-7-3-2-4-8-18)22(29)24-21(28)23-14-6-16-25-15-5-9-20(25)27/h17-19H,2-16H2,1H3,(H2,23,24,28,29)/t17-,19-. The fourth-order valence-electron chi connectivity index (χ4n) is 5.13. The van der Waals surface area contributed by atoms with E-state index in [1.54, 1.807) is 0 Å². The summed E-state index contributed by atoms with van der Waals surface area (Å²) >= 11 is 0. The minimum atomic E-state index is -0.423. The molecule has 5 amide bonds. The number of nitrogens with one attached hydrogen (secondary N) is 2. The molecule has 7 heteroatoms. The third-order valence-corrected chi connectivity index (χ3v) is 6.86. The van der Waals surface area contributed by atoms with Gasteiger partial charge in [-0.05, 0) is 57.3 Å². The molecule has 0 radical (unpaired) electrons. The van der Waals surface area contributed by atoms with Crippen molar-refractivity contribution in [3.63, 3.8) is 0 Å². The minimum Gasteiger partial charge on any atom is -0.343 e. The van der Waals surface area contributed by atoms with Crippen LogP contribution >= 0.6 is 0 Å². The van der Waals surface area contributed by atoms with Gasteiger partial charge < -0.3 is 15.1 Å². The van der Waals surface area contributed by atoms with Crippen LogP contribution in [-0.2, 0) is 4.79 Å². The second-order valence-electron chi connectivity index (χ2n) is 9.14. The topological polar surface area (TPSA) is 81.8 Å². The van der Waals surface area contributed by atoms with Crippen LogP contribution in [0.4, 0.5) is 9.59 Å². The SMILES string of the molecule is C[C@H]1CC[C@H](N(C(=O)NC(=O)NCCCN2CCCC2=O)C2CCCCC2)CC1. The number of urea groups is 2. The summed E-state index contributed by atoms with van der Waals surface area (Å²) in [5, 5.41) is 5.36. The van der Waals surface area contributed by atoms with E-state index in [0.717, 1.165) is 57.4 Å². The maximum absolute atomic E-state index is 13.0. The summed E-state index contributed by atoms with van der Waals surface area (Å²) < 4.78 is 0. The van der Waals surface area contributed by atoms with Gasteiger partial charge in [-0.25, -0.2) is 9.59 Å². The number of imide groups is 1. The van der Waals surface area contributed by atoms with E-state index in [-0.39, 0.29) is 24.0 Å². The Hall–Kier alpha value is -1.79. The van der Waals surface area contributed by atoms with Crippen LogP contribution < -0.4 is 10.6 Å². The molecule has 0 aromatic rings. The van der Waals surface area contributed by atoms with Crippen LogP contribution in [0, 0.1) is 5.92 Å². The summed E-state index contributed by atoms with van der Waals surface area (Å²) in [6.07, 6.45) is 12.3. The van der Waals surface area contributed by atoms with Gasteiger partial charge in [0.05, 0.1) is 0 Å². The Morgan fingerprint density at radius 1 is 1.00 bits per heavy atom. The molecule has 164 valence electrons. The first-order chi connectivity index (χ1) is 14.0. The van der Waals surface area contributed by atoms with E-state index < -0.39 is 6.03 Å². The fraction of sp³-hybridized carbons (Fsp3) is 0.864. The van der Waals surface area contributed by atoms with Gasteiger partial charge in [-0.2, -0.15) is 0 Å². The van der Waals surface area contributed by atoms with Crippen LogP contribution in [0.3, 0.4) is 0 Å². The molecule has 2 aliphatic carbocycles. The van der Waals surface area contributed by atoms with Crippen LogP contribution in [0.5, 0.6) is 0 Å². The molecule has 29 heavy (non-hydrogen) atoms. The van der Waals surface area contributed by atoms with Crippen molar-refractivity contribution < 1.29 is 14.4 Å². The van der Waals surface area contributed by atoms with E-state index in [1.165, 1.54) is 19.3 Å². The number of hydrogen-bond donors (Lipinski definition) is 2. The number of rotatable bonds is 6. The van der Waals surface area contributed by atoms with Crippen molar-refractivity contribution in [2.24, 2.45) is 5.92 Å². The zero-order chi connectivity index (χ0) is 20.6. The number of likely N-dealkylation sites (tertiary alicyclic amines) is 1. The second-order valence-corrected chi connectivity index (χ2v) is 9.14. The summed E-state index contributed by atoms with van der Waals surface area (Å²) in [6.45, 7) is 4.24. The molecule has 0 bridgehead atoms. The Morgan fingerprint density at radius 2 is 1.69 bits per heavy atom. The molecule has 2 N–H and O–H groups in total. The van der Waals surface area contributed by atoms with Crippen LogP contribution in [0.1, 0.15) is 84.0 Å². The Kier molecular flexibility index (Phi) is 8.19. The van der Waals surface area contributed by atoms with E-state index >= 15 is 0 Å². The molecule has 3 rings (SSSR count). The van der Waals surface area contributed by atoms with E-state index in [4.69, 9.17) is 0 Å². The van der Waals surface area contributed by atoms with Crippen molar-refractivity contribution in [1.82, 2.24) is 20.4 Å². The average molecular weight is 407 g/mol. The zero-order valence-electron chi connectivity index (χ0n) is 18.0. The summed E-state index contributed by atoms with van der Waals surface area (Å²) in [4.78, 5) is 40.8. The molecular formula is C22H38N4O3. The summed E-state index contributed by atoms with van der Waals surface area (Å²) in [7, 11) is 0. The summed E-state index contributed by atoms with van der Waals surface area (Å²) in [6, 6.07) is -0.143. The first kappa shape index (κ1) is 21.9. The maximum atomic E-state index is 13.0. The Bertz CT molecular complexity index is 568. The van der Waals surface area contributed by atoms with Gasteiger partial charge in [0, 0.05) is 38.1 Å². The second kappa shape index (κ2) is 10.8. The number of carbonyl (C=O) groups excluding carboxylic acids is 3. The van der Waals surface area contributed by atoms with Gasteiger partial charge in [0.15, 0.2) is 0 Å². The van der Waals surface area contributed by atoms with E-state index in [0.29, 0.717) is 25.9 Å². The molecule has 0 atom stereocenters. The van der Waals surface area contributed by atoms with Crippen LogP contribution in [0.25, 0.3) is 0 Å². The zero-order valence-corrected chi connectivity index (χ0v) is 18.0. The van der Waals surface area contributed by atoms with Crippen LogP contribution in [0.15, 0.2) is 0 Å². The molecule has 1 saturated heterocycles. The lowest BCUT2D eigenvalue weighted by Crippen LogP contribution is -2.55. The van der Waals surface area contributed by atoms with Gasteiger partial charge in [0.25, 0.3) is 0 Å². The van der Waals surface area contributed by atoms with Gasteiger partial charge in [-0.15, -0.1) is 0 Å². The lowest BCUT2D eigenvalue weighted by molar-refractivity contribution is -0.127. The van der Waals surface area contributed by atoms with E-state index in [1.807, 2.05) is 9.80 Å². The molecule has 0 unspecified atom stereocenters. The molecule has 7 nitrogen and oxygen atoms in total. The first-order valence-electron chi connectivity index (χ1n) is 11.7. The smallest absolute Gasteiger partial charge is 0.325 e. The number of carbonyl (C=O) groups is 3. The Labute approximate surface area is 174 Å². The van der Waals surface area contributed by atoms with Crippen LogP contribution in [0.2, 0.25) is 0 Å². The van der Waals surface area contributed by atoms with Crippen molar-refractivity contribution in [3.8, 4) is 0 Å². The highest BCUT2D eigenvalue weighted by atomic mass is 16.2. The van der Waals surface area contributed by atoms with Gasteiger partial charge in [0.1, 0.15) is 0 Å². The van der Waals surface area contributed by atoms with Gasteiger partial charge in [-0.1, -0.05) is 26.2 Å². The normalized spacial score (nSPS) is 25.7. The van der Waals surface area contributed by atoms with Crippen molar-refractivity contribution in [2.45, 2.75) is 96.1 Å². The third-order valence-electron chi connectivity index (χ3n) is 6.86. The largest absolute Gasteiger partial charge is 0.343 e. The molecule has 3 aliphatic rings. The lowest BCUT2D eigenvalue weighted by Gasteiger charge is -2.42. The molecule has 2 saturated carbocycles. The van der Waals surface area contributed by atoms with Gasteiger partial charge in [0.2, 0.25) is 5.91 Å². The van der Waals surface area contributed by atoms with Crippen molar-refractivity contribution in [1.29, 1.82) is 0 Å². The predicted octanol–water partition coefficient (Wildman–Crippen LogP) is 3.63. The van der Waals surface area contributed by atoms with Crippen molar-refractivity contribution in [3.05, 3.63) is 0 Å². The molecule has 3 fully saturated rings. The van der Waals surface area contributed by atoms with E-state index in [2.05, 4.69) is 17.6 Å². The number of amides is 5. The summed E-state index contributed by atoms with van der Waals surface area (Å²) in [5.74, 6) is 0.933. The molecular weight excluding hydrogens is 368 g/mol. The summed E-state index contributed by atoms with van der Waals surface area (Å²) in [5.41, 5.74) is 0. The highest BCUT2D eigenvalue weighted by Gasteiger charge is 2.34. The predicted molar refractivity (Wildman–Crippen MR) is 112 cm³/mol. The lowest BCUT2D eigenvalue weighted by atomic mass is 9.84. The highest BCUT2D eigenvalue weighted by molar-refractivity contribution is 5.93. The molecule has 1 heterocycles. The van der Waals surface area contributed by atoms with Gasteiger partial charge >= 0.3 is 12.1 Å². The third kappa shape index (κ3) is 6.34. The quantitative estimate of drug-likeness (QED) is 0.661. The Morgan fingerprint density at radius 3 is 2.34 bits per heavy atom. The van der Waals surface area contributed by atoms with Gasteiger partial charge in [-0.3, -0.25) is 10.1 Å². The molecule has 0 aromatic heterocycles. The monoisotopic (exact) mass is 406 g/mol. The fourth-order valence-corrected chi connectivity index (χ4v) is 5.13. The van der Waals surface area contributed by atoms with Crippen LogP contribution in [-0.4, -0.2) is 59.5 Å². The van der Waals surface area contributed by atoms with E-state index in [9.17, 15) is 14.4 Å². The van der Waals surface area contributed by atoms with Crippen molar-refractivity contribution >= 4 is 18.0 Å². The molecule has 1 aliphatic heterocycles. The Balaban J connectivity index is 1.46. The maximum Gasteiger partial charge on any atom is 0.325 e. The van der Waals surface area contributed by atoms with Crippen molar-refractivity contribution in [2.75, 3.05) is 19.6 Å². The highest BCUT2D eigenvalue weighted by Crippen LogP contribution is 2.32. The average Bonchev–Trinajstić information content (AvgIpc) is 3.12. The first-order valence-corrected chi connectivity index (χ1v) is 11.7. The number of hydrogen-bond acceptors (Lipinski definition) is 3. The minimum absolute atomic E-state index is 0.203. The number of nitrogens with zero attached hydrogens (tertiary/aromatic N) is 2.